The van der Waals surface area contributed by atoms with E-state index in [2.05, 4.69) is 94.9 Å². The van der Waals surface area contributed by atoms with Crippen LogP contribution >= 0.6 is 0 Å². The molecule has 1 aliphatic rings. The number of hydrogen-bond acceptors (Lipinski definition) is 5. The highest BCUT2D eigenvalue weighted by molar-refractivity contribution is 5.81. The third-order valence-electron chi connectivity index (χ3n) is 7.26. The van der Waals surface area contributed by atoms with Gasteiger partial charge in [-0.1, -0.05) is 103 Å². The first-order valence-electron chi connectivity index (χ1n) is 14.1. The van der Waals surface area contributed by atoms with Gasteiger partial charge in [0.15, 0.2) is 23.3 Å². The van der Waals surface area contributed by atoms with Gasteiger partial charge in [0.25, 0.3) is 0 Å². The highest BCUT2D eigenvalue weighted by atomic mass is 15.0. The summed E-state index contributed by atoms with van der Waals surface area (Å²) in [7, 11) is 0. The molecule has 2 heterocycles. The van der Waals surface area contributed by atoms with Crippen molar-refractivity contribution in [2.24, 2.45) is 0 Å². The van der Waals surface area contributed by atoms with Crippen molar-refractivity contribution in [3.8, 4) is 56.4 Å². The summed E-state index contributed by atoms with van der Waals surface area (Å²) in [5, 5.41) is 0. The molecule has 7 rings (SSSR count). The van der Waals surface area contributed by atoms with Gasteiger partial charge in [-0.2, -0.15) is 0 Å². The summed E-state index contributed by atoms with van der Waals surface area (Å²) < 4.78 is 0. The maximum atomic E-state index is 5.02. The fourth-order valence-corrected chi connectivity index (χ4v) is 5.11. The van der Waals surface area contributed by atoms with Crippen LogP contribution < -0.4 is 0 Å². The fraction of sp³-hybridized carbons (Fsp3) is 0.0541. The van der Waals surface area contributed by atoms with Gasteiger partial charge < -0.3 is 0 Å². The number of aromatic nitrogens is 5. The molecule has 0 unspecified atom stereocenters. The molecule has 200 valence electrons. The van der Waals surface area contributed by atoms with Gasteiger partial charge in [0.1, 0.15) is 0 Å². The van der Waals surface area contributed by atoms with Gasteiger partial charge in [0.05, 0.1) is 0 Å². The van der Waals surface area contributed by atoms with E-state index in [1.54, 1.807) is 12.4 Å². The monoisotopic (exact) mass is 541 g/mol. The van der Waals surface area contributed by atoms with E-state index in [9.17, 15) is 0 Å². The fourth-order valence-electron chi connectivity index (χ4n) is 5.11. The molecule has 0 aliphatic heterocycles. The minimum absolute atomic E-state index is 0.645. The summed E-state index contributed by atoms with van der Waals surface area (Å²) in [6.07, 6.45) is 12.0. The van der Waals surface area contributed by atoms with Crippen molar-refractivity contribution in [2.45, 2.75) is 12.8 Å². The summed E-state index contributed by atoms with van der Waals surface area (Å²) in [4.78, 5) is 23.7. The predicted octanol–water partition coefficient (Wildman–Crippen LogP) is 8.73. The first kappa shape index (κ1) is 25.4. The molecule has 0 N–H and O–H groups in total. The number of allylic oxidation sites excluding steroid dienone is 4. The second-order valence-corrected chi connectivity index (χ2v) is 10.1. The Bertz CT molecular complexity index is 1900. The summed E-state index contributed by atoms with van der Waals surface area (Å²) in [6, 6.07) is 37.3. The molecule has 0 amide bonds. The first-order chi connectivity index (χ1) is 20.8. The molecule has 5 nitrogen and oxygen atoms in total. The number of benzene rings is 4. The van der Waals surface area contributed by atoms with Crippen LogP contribution in [0.3, 0.4) is 0 Å². The average molecular weight is 542 g/mol. The van der Waals surface area contributed by atoms with Crippen molar-refractivity contribution in [1.29, 1.82) is 0 Å². The van der Waals surface area contributed by atoms with Gasteiger partial charge >= 0.3 is 0 Å². The van der Waals surface area contributed by atoms with E-state index in [4.69, 9.17) is 15.0 Å². The highest BCUT2D eigenvalue weighted by Gasteiger charge is 2.16. The van der Waals surface area contributed by atoms with Gasteiger partial charge in [-0.3, -0.25) is 0 Å². The molecule has 0 bridgehead atoms. The van der Waals surface area contributed by atoms with Crippen LogP contribution in [0.15, 0.2) is 140 Å². The van der Waals surface area contributed by atoms with Gasteiger partial charge in [-0.05, 0) is 59.4 Å². The van der Waals surface area contributed by atoms with Crippen molar-refractivity contribution in [3.63, 3.8) is 0 Å². The molecular formula is C37H27N5. The van der Waals surface area contributed by atoms with Crippen LogP contribution in [0.2, 0.25) is 0 Å². The van der Waals surface area contributed by atoms with Crippen LogP contribution in [-0.4, -0.2) is 24.9 Å². The molecule has 4 aromatic carbocycles. The topological polar surface area (TPSA) is 64.5 Å². The Morgan fingerprint density at radius 2 is 0.929 bits per heavy atom. The predicted molar refractivity (Wildman–Crippen MR) is 169 cm³/mol. The third-order valence-corrected chi connectivity index (χ3v) is 7.26. The van der Waals surface area contributed by atoms with Crippen molar-refractivity contribution in [2.75, 3.05) is 0 Å². The van der Waals surface area contributed by atoms with E-state index in [0.29, 0.717) is 23.3 Å². The molecule has 42 heavy (non-hydrogen) atoms. The van der Waals surface area contributed by atoms with Gasteiger partial charge in [0, 0.05) is 34.7 Å². The minimum Gasteiger partial charge on any atom is -0.237 e. The van der Waals surface area contributed by atoms with E-state index >= 15 is 0 Å². The average Bonchev–Trinajstić information content (AvgIpc) is 3.09. The summed E-state index contributed by atoms with van der Waals surface area (Å²) >= 11 is 0. The molecule has 2 aromatic heterocycles. The molecule has 6 aromatic rings. The Balaban J connectivity index is 1.38. The Morgan fingerprint density at radius 3 is 1.57 bits per heavy atom. The summed E-state index contributed by atoms with van der Waals surface area (Å²) in [5.41, 5.74) is 8.28. The zero-order valence-electron chi connectivity index (χ0n) is 22.9. The first-order valence-corrected chi connectivity index (χ1v) is 14.1. The Labute approximate surface area is 245 Å². The highest BCUT2D eigenvalue weighted by Crippen LogP contribution is 2.34. The van der Waals surface area contributed by atoms with Crippen molar-refractivity contribution in [3.05, 3.63) is 146 Å². The van der Waals surface area contributed by atoms with E-state index in [-0.39, 0.29) is 0 Å². The van der Waals surface area contributed by atoms with Crippen LogP contribution in [0.25, 0.3) is 62.0 Å². The SMILES string of the molecule is C1=CC(c2nc(-c3ccccc3)nc(-c3cc(-c4ccccc4)cc(-c4ccc(-c5ncccn5)cc4)c3)n2)=CCC1. The van der Waals surface area contributed by atoms with Crippen LogP contribution in [-0.2, 0) is 0 Å². The summed E-state index contributed by atoms with van der Waals surface area (Å²) in [6.45, 7) is 0. The molecule has 5 heteroatoms. The van der Waals surface area contributed by atoms with E-state index in [1.165, 1.54) is 0 Å². The van der Waals surface area contributed by atoms with Crippen molar-refractivity contribution >= 4 is 5.57 Å². The maximum Gasteiger partial charge on any atom is 0.164 e. The maximum absolute atomic E-state index is 5.02. The molecule has 0 saturated carbocycles. The lowest BCUT2D eigenvalue weighted by Gasteiger charge is -2.13. The number of hydrogen-bond donors (Lipinski definition) is 0. The van der Waals surface area contributed by atoms with Crippen LogP contribution in [0.5, 0.6) is 0 Å². The van der Waals surface area contributed by atoms with Crippen LogP contribution in [0.4, 0.5) is 0 Å². The minimum atomic E-state index is 0.645. The van der Waals surface area contributed by atoms with E-state index < -0.39 is 0 Å². The lowest BCUT2D eigenvalue weighted by Crippen LogP contribution is -2.03. The van der Waals surface area contributed by atoms with E-state index in [1.807, 2.05) is 42.5 Å². The third kappa shape index (κ3) is 5.40. The van der Waals surface area contributed by atoms with Crippen molar-refractivity contribution in [1.82, 2.24) is 24.9 Å². The van der Waals surface area contributed by atoms with Gasteiger partial charge in [0.2, 0.25) is 0 Å². The van der Waals surface area contributed by atoms with E-state index in [0.717, 1.165) is 57.4 Å². The molecule has 0 saturated heterocycles. The van der Waals surface area contributed by atoms with Gasteiger partial charge in [-0.25, -0.2) is 24.9 Å². The quantitative estimate of drug-likeness (QED) is 0.211. The molecule has 0 radical (unpaired) electrons. The second kappa shape index (κ2) is 11.5. The van der Waals surface area contributed by atoms with Crippen LogP contribution in [0, 0.1) is 0 Å². The Kier molecular flexibility index (Phi) is 6.97. The zero-order chi connectivity index (χ0) is 28.1. The summed E-state index contributed by atoms with van der Waals surface area (Å²) in [5.74, 6) is 2.70. The van der Waals surface area contributed by atoms with Crippen molar-refractivity contribution < 1.29 is 0 Å². The zero-order valence-corrected chi connectivity index (χ0v) is 22.9. The Hall–Kier alpha value is -5.55. The molecule has 0 atom stereocenters. The lowest BCUT2D eigenvalue weighted by molar-refractivity contribution is 1.01. The lowest BCUT2D eigenvalue weighted by atomic mass is 9.95. The normalized spacial score (nSPS) is 12.6. The largest absolute Gasteiger partial charge is 0.237 e. The second-order valence-electron chi connectivity index (χ2n) is 10.1. The molecule has 0 spiro atoms. The number of nitrogens with zero attached hydrogens (tertiary/aromatic N) is 5. The smallest absolute Gasteiger partial charge is 0.164 e. The molecule has 1 aliphatic carbocycles. The molecule has 0 fully saturated rings. The molecular weight excluding hydrogens is 514 g/mol. The number of rotatable bonds is 6. The standard InChI is InChI=1S/C37H27N5/c1-4-11-26(12-5-1)31-23-32(27-17-19-30(20-18-27)34-38-21-10-22-39-34)25-33(24-31)37-41-35(28-13-6-2-7-14-28)40-36(42-37)29-15-8-3-9-16-29/h1-2,4-8,10-25H,3,9H2. The van der Waals surface area contributed by atoms with Gasteiger partial charge in [-0.15, -0.1) is 0 Å². The van der Waals surface area contributed by atoms with Crippen LogP contribution in [0.1, 0.15) is 18.7 Å². The Morgan fingerprint density at radius 1 is 0.405 bits per heavy atom.